The van der Waals surface area contributed by atoms with Crippen molar-refractivity contribution in [3.63, 3.8) is 0 Å². The Balaban J connectivity index is 1.78. The van der Waals surface area contributed by atoms with E-state index in [1.165, 1.54) is 11.0 Å². The lowest BCUT2D eigenvalue weighted by molar-refractivity contribution is -0.120. The van der Waals surface area contributed by atoms with Crippen LogP contribution in [0, 0.1) is 0 Å². The van der Waals surface area contributed by atoms with Gasteiger partial charge in [0.05, 0.1) is 17.6 Å². The molecule has 0 saturated carbocycles. The normalized spacial score (nSPS) is 18.4. The molecule has 0 saturated heterocycles. The van der Waals surface area contributed by atoms with Gasteiger partial charge in [0.1, 0.15) is 0 Å². The molecule has 0 spiro atoms. The van der Waals surface area contributed by atoms with E-state index in [1.807, 2.05) is 30.3 Å². The predicted molar refractivity (Wildman–Crippen MR) is 70.9 cm³/mol. The number of carbonyl (C=O) groups is 1. The molecule has 2 heterocycles. The third-order valence-electron chi connectivity index (χ3n) is 2.73. The van der Waals surface area contributed by atoms with Crippen molar-refractivity contribution in [1.82, 2.24) is 20.4 Å². The lowest BCUT2D eigenvalue weighted by Gasteiger charge is -1.97. The fourth-order valence-electron chi connectivity index (χ4n) is 1.69. The molecule has 0 bridgehead atoms. The van der Waals surface area contributed by atoms with Crippen LogP contribution in [0.4, 0.5) is 5.82 Å². The van der Waals surface area contributed by atoms with E-state index in [2.05, 4.69) is 31.0 Å². The number of para-hydroxylation sites is 1. The van der Waals surface area contributed by atoms with Gasteiger partial charge in [-0.25, -0.2) is 5.43 Å². The van der Waals surface area contributed by atoms with E-state index in [0.717, 1.165) is 5.69 Å². The predicted octanol–water partition coefficient (Wildman–Crippen LogP) is 1.23. The van der Waals surface area contributed by atoms with Crippen LogP contribution in [-0.4, -0.2) is 32.7 Å². The van der Waals surface area contributed by atoms with Crippen molar-refractivity contribution >= 4 is 17.4 Å². The molecule has 1 atom stereocenters. The SMILES string of the molecule is CC1=NNC(=O)C1N=Nc1cnn(-c2ccccc2)n1. The number of nitrogens with one attached hydrogen (secondary N) is 1. The molecule has 0 radical (unpaired) electrons. The van der Waals surface area contributed by atoms with Crippen molar-refractivity contribution in [2.45, 2.75) is 13.0 Å². The van der Waals surface area contributed by atoms with Crippen molar-refractivity contribution in [3.8, 4) is 5.69 Å². The van der Waals surface area contributed by atoms with E-state index in [-0.39, 0.29) is 5.91 Å². The fraction of sp³-hybridized carbons (Fsp3) is 0.167. The maximum atomic E-state index is 11.4. The molecule has 8 nitrogen and oxygen atoms in total. The van der Waals surface area contributed by atoms with Gasteiger partial charge in [-0.2, -0.15) is 15.3 Å². The molecular formula is C12H11N7O. The van der Waals surface area contributed by atoms with Crippen molar-refractivity contribution < 1.29 is 4.79 Å². The van der Waals surface area contributed by atoms with E-state index >= 15 is 0 Å². The highest BCUT2D eigenvalue weighted by molar-refractivity contribution is 6.10. The molecule has 1 amide bonds. The van der Waals surface area contributed by atoms with Gasteiger partial charge >= 0.3 is 0 Å². The number of azo groups is 1. The number of nitrogens with zero attached hydrogens (tertiary/aromatic N) is 6. The smallest absolute Gasteiger partial charge is 0.270 e. The summed E-state index contributed by atoms with van der Waals surface area (Å²) in [6.45, 7) is 1.71. The molecule has 20 heavy (non-hydrogen) atoms. The van der Waals surface area contributed by atoms with Gasteiger partial charge in [-0.3, -0.25) is 4.79 Å². The lowest BCUT2D eigenvalue weighted by atomic mass is 10.2. The molecule has 0 fully saturated rings. The van der Waals surface area contributed by atoms with Crippen LogP contribution in [0.15, 0.2) is 51.9 Å². The Morgan fingerprint density at radius 3 is 2.80 bits per heavy atom. The van der Waals surface area contributed by atoms with Crippen LogP contribution in [0.3, 0.4) is 0 Å². The molecule has 100 valence electrons. The third kappa shape index (κ3) is 2.30. The second kappa shape index (κ2) is 5.00. The van der Waals surface area contributed by atoms with Gasteiger partial charge in [0.2, 0.25) is 5.82 Å². The largest absolute Gasteiger partial charge is 0.272 e. The zero-order valence-corrected chi connectivity index (χ0v) is 10.6. The van der Waals surface area contributed by atoms with Gasteiger partial charge in [0, 0.05) is 0 Å². The number of hydrazone groups is 1. The van der Waals surface area contributed by atoms with Gasteiger partial charge in [-0.1, -0.05) is 18.2 Å². The van der Waals surface area contributed by atoms with Crippen LogP contribution in [0.2, 0.25) is 0 Å². The average molecular weight is 269 g/mol. The van der Waals surface area contributed by atoms with Gasteiger partial charge in [-0.05, 0) is 19.1 Å². The van der Waals surface area contributed by atoms with E-state index < -0.39 is 6.04 Å². The Bertz CT molecular complexity index is 689. The number of hydrogen-bond acceptors (Lipinski definition) is 6. The Labute approximate surface area is 114 Å². The summed E-state index contributed by atoms with van der Waals surface area (Å²) in [6.07, 6.45) is 1.48. The van der Waals surface area contributed by atoms with Crippen LogP contribution >= 0.6 is 0 Å². The summed E-state index contributed by atoms with van der Waals surface area (Å²) in [5, 5.41) is 19.9. The van der Waals surface area contributed by atoms with E-state index in [9.17, 15) is 4.79 Å². The first-order valence-corrected chi connectivity index (χ1v) is 5.97. The monoisotopic (exact) mass is 269 g/mol. The topological polar surface area (TPSA) is 96.9 Å². The molecule has 1 N–H and O–H groups in total. The number of hydrogen-bond donors (Lipinski definition) is 1. The highest BCUT2D eigenvalue weighted by Crippen LogP contribution is 2.12. The molecule has 1 unspecified atom stereocenters. The molecule has 0 aliphatic carbocycles. The first kappa shape index (κ1) is 12.2. The highest BCUT2D eigenvalue weighted by Gasteiger charge is 2.26. The standard InChI is InChI=1S/C12H11N7O/c1-8-11(12(20)17-14-8)16-15-10-7-13-19(18-10)9-5-3-2-4-6-9/h2-7,11H,1H3,(H,17,20). The molecule has 3 rings (SSSR count). The summed E-state index contributed by atoms with van der Waals surface area (Å²) in [7, 11) is 0. The molecule has 2 aromatic rings. The summed E-state index contributed by atoms with van der Waals surface area (Å²) in [4.78, 5) is 12.9. The second-order valence-corrected chi connectivity index (χ2v) is 4.18. The van der Waals surface area contributed by atoms with Crippen molar-refractivity contribution in [2.75, 3.05) is 0 Å². The number of rotatable bonds is 3. The van der Waals surface area contributed by atoms with Crippen LogP contribution in [-0.2, 0) is 4.79 Å². The zero-order chi connectivity index (χ0) is 13.9. The summed E-state index contributed by atoms with van der Waals surface area (Å²) in [5.41, 5.74) is 3.74. The van der Waals surface area contributed by atoms with Crippen LogP contribution < -0.4 is 5.43 Å². The van der Waals surface area contributed by atoms with E-state index in [0.29, 0.717) is 11.5 Å². The molecule has 8 heteroatoms. The minimum atomic E-state index is -0.683. The van der Waals surface area contributed by atoms with Crippen molar-refractivity contribution in [3.05, 3.63) is 36.5 Å². The highest BCUT2D eigenvalue weighted by atomic mass is 16.2. The number of aromatic nitrogens is 3. The van der Waals surface area contributed by atoms with Crippen LogP contribution in [0.1, 0.15) is 6.92 Å². The molecule has 1 aromatic heterocycles. The maximum Gasteiger partial charge on any atom is 0.272 e. The third-order valence-corrected chi connectivity index (χ3v) is 2.73. The fourth-order valence-corrected chi connectivity index (χ4v) is 1.69. The van der Waals surface area contributed by atoms with Gasteiger partial charge in [-0.15, -0.1) is 15.0 Å². The average Bonchev–Trinajstić information content (AvgIpc) is 3.06. The summed E-state index contributed by atoms with van der Waals surface area (Å²) in [5.74, 6) is 0.0445. The van der Waals surface area contributed by atoms with Crippen LogP contribution in [0.25, 0.3) is 5.69 Å². The summed E-state index contributed by atoms with van der Waals surface area (Å²) < 4.78 is 0. The summed E-state index contributed by atoms with van der Waals surface area (Å²) >= 11 is 0. The van der Waals surface area contributed by atoms with E-state index in [4.69, 9.17) is 0 Å². The second-order valence-electron chi connectivity index (χ2n) is 4.18. The zero-order valence-electron chi connectivity index (χ0n) is 10.6. The number of benzene rings is 1. The Hall–Kier alpha value is -2.90. The van der Waals surface area contributed by atoms with Crippen LogP contribution in [0.5, 0.6) is 0 Å². The number of amides is 1. The summed E-state index contributed by atoms with van der Waals surface area (Å²) in [6, 6.07) is 8.76. The molecule has 1 aliphatic heterocycles. The molecule has 1 aromatic carbocycles. The van der Waals surface area contributed by atoms with Gasteiger partial charge in [0.15, 0.2) is 6.04 Å². The van der Waals surface area contributed by atoms with Gasteiger partial charge in [0.25, 0.3) is 5.91 Å². The lowest BCUT2D eigenvalue weighted by Crippen LogP contribution is -2.25. The first-order valence-electron chi connectivity index (χ1n) is 5.97. The maximum absolute atomic E-state index is 11.4. The number of carbonyl (C=O) groups excluding carboxylic acids is 1. The van der Waals surface area contributed by atoms with Crippen molar-refractivity contribution in [2.24, 2.45) is 15.3 Å². The first-order chi connectivity index (χ1) is 9.74. The van der Waals surface area contributed by atoms with Crippen molar-refractivity contribution in [1.29, 1.82) is 0 Å². The molecular weight excluding hydrogens is 258 g/mol. The van der Waals surface area contributed by atoms with Gasteiger partial charge < -0.3 is 0 Å². The Morgan fingerprint density at radius 1 is 1.30 bits per heavy atom. The Morgan fingerprint density at radius 2 is 2.10 bits per heavy atom. The minimum absolute atomic E-state index is 0.290. The minimum Gasteiger partial charge on any atom is -0.270 e. The van der Waals surface area contributed by atoms with E-state index in [1.54, 1.807) is 6.92 Å². The quantitative estimate of drug-likeness (QED) is 0.848. The molecule has 1 aliphatic rings. The Kier molecular flexibility index (Phi) is 3.04.